The molecule has 1 unspecified atom stereocenters. The maximum absolute atomic E-state index is 12.8. The van der Waals surface area contributed by atoms with Crippen LogP contribution in [0.4, 0.5) is 13.2 Å². The number of benzene rings is 1. The Morgan fingerprint density at radius 1 is 1.30 bits per heavy atom. The molecule has 0 bridgehead atoms. The van der Waals surface area contributed by atoms with Crippen molar-refractivity contribution in [3.05, 3.63) is 29.8 Å². The molecule has 0 aliphatic carbocycles. The van der Waals surface area contributed by atoms with Crippen molar-refractivity contribution in [2.24, 2.45) is 5.92 Å². The topological polar surface area (TPSA) is 20.3 Å². The first kappa shape index (κ1) is 15.4. The third-order valence-electron chi connectivity index (χ3n) is 3.69. The van der Waals surface area contributed by atoms with E-state index in [-0.39, 0.29) is 4.90 Å². The van der Waals surface area contributed by atoms with Crippen LogP contribution < -0.4 is 0 Å². The summed E-state index contributed by atoms with van der Waals surface area (Å²) >= 11 is 0. The van der Waals surface area contributed by atoms with Crippen molar-refractivity contribution in [2.45, 2.75) is 30.8 Å². The predicted molar refractivity (Wildman–Crippen MR) is 74.9 cm³/mol. The van der Waals surface area contributed by atoms with Crippen molar-refractivity contribution >= 4 is 15.6 Å². The lowest BCUT2D eigenvalue weighted by atomic mass is 10.0. The minimum Gasteiger partial charge on any atom is -0.248 e. The molecule has 0 N–H and O–H groups in total. The molecular weight excluding hydrogens is 287 g/mol. The van der Waals surface area contributed by atoms with E-state index in [0.717, 1.165) is 25.0 Å². The molecule has 2 nitrogen and oxygen atoms in total. The van der Waals surface area contributed by atoms with Crippen LogP contribution in [0, 0.1) is 5.92 Å². The smallest absolute Gasteiger partial charge is 0.248 e. The SMILES string of the molecule is C=S(=O)(c1cccc(C(F)(F)F)c1)N1CCC(C)CC1. The second-order valence-corrected chi connectivity index (χ2v) is 7.55. The van der Waals surface area contributed by atoms with Gasteiger partial charge in [0.2, 0.25) is 0 Å². The third-order valence-corrected chi connectivity index (χ3v) is 5.88. The van der Waals surface area contributed by atoms with Crippen LogP contribution in [0.2, 0.25) is 0 Å². The van der Waals surface area contributed by atoms with E-state index in [4.69, 9.17) is 0 Å². The van der Waals surface area contributed by atoms with Crippen LogP contribution in [0.25, 0.3) is 0 Å². The highest BCUT2D eigenvalue weighted by Crippen LogP contribution is 2.31. The minimum absolute atomic E-state index is 0.155. The van der Waals surface area contributed by atoms with Crippen LogP contribution in [0.5, 0.6) is 0 Å². The molecule has 1 aliphatic heterocycles. The average Bonchev–Trinajstić information content (AvgIpc) is 2.38. The molecule has 0 radical (unpaired) electrons. The first-order valence-corrected chi connectivity index (χ1v) is 8.19. The Labute approximate surface area is 117 Å². The van der Waals surface area contributed by atoms with Gasteiger partial charge < -0.3 is 0 Å². The number of rotatable bonds is 2. The Bertz CT molecular complexity index is 572. The highest BCUT2D eigenvalue weighted by Gasteiger charge is 2.32. The van der Waals surface area contributed by atoms with Crippen LogP contribution in [0.1, 0.15) is 25.3 Å². The molecule has 20 heavy (non-hydrogen) atoms. The molecule has 1 aliphatic rings. The lowest BCUT2D eigenvalue weighted by Crippen LogP contribution is -2.37. The average molecular weight is 305 g/mol. The van der Waals surface area contributed by atoms with Crippen molar-refractivity contribution in [3.8, 4) is 0 Å². The number of alkyl halides is 3. The first-order valence-electron chi connectivity index (χ1n) is 6.51. The van der Waals surface area contributed by atoms with Gasteiger partial charge in [-0.25, -0.2) is 8.51 Å². The molecule has 1 aromatic carbocycles. The van der Waals surface area contributed by atoms with Crippen molar-refractivity contribution in [1.82, 2.24) is 4.31 Å². The summed E-state index contributed by atoms with van der Waals surface area (Å²) < 4.78 is 52.7. The Morgan fingerprint density at radius 2 is 1.90 bits per heavy atom. The quantitative estimate of drug-likeness (QED) is 0.767. The first-order chi connectivity index (χ1) is 9.21. The molecule has 0 spiro atoms. The fourth-order valence-electron chi connectivity index (χ4n) is 2.30. The van der Waals surface area contributed by atoms with Gasteiger partial charge in [0.25, 0.3) is 0 Å². The standard InChI is InChI=1S/C14H18F3NOS/c1-11-6-8-18(9-7-11)20(2,19)13-5-3-4-12(10-13)14(15,16)17/h3-5,10-11H,2,6-9H2,1H3. The van der Waals surface area contributed by atoms with E-state index in [1.54, 1.807) is 4.31 Å². The zero-order valence-electron chi connectivity index (χ0n) is 11.3. The van der Waals surface area contributed by atoms with Gasteiger partial charge in [-0.05, 0) is 42.8 Å². The van der Waals surface area contributed by atoms with Gasteiger partial charge in [0, 0.05) is 18.0 Å². The van der Waals surface area contributed by atoms with E-state index in [1.165, 1.54) is 12.1 Å². The van der Waals surface area contributed by atoms with Gasteiger partial charge in [-0.1, -0.05) is 13.0 Å². The van der Waals surface area contributed by atoms with E-state index in [9.17, 15) is 17.4 Å². The number of nitrogens with zero attached hydrogens (tertiary/aromatic N) is 1. The molecule has 0 aromatic heterocycles. The van der Waals surface area contributed by atoms with E-state index in [2.05, 4.69) is 12.8 Å². The van der Waals surface area contributed by atoms with Crippen molar-refractivity contribution in [2.75, 3.05) is 13.1 Å². The second-order valence-electron chi connectivity index (χ2n) is 5.28. The summed E-state index contributed by atoms with van der Waals surface area (Å²) in [5, 5.41) is 0. The number of halogens is 3. The second kappa shape index (κ2) is 5.41. The van der Waals surface area contributed by atoms with Gasteiger partial charge >= 0.3 is 6.18 Å². The van der Waals surface area contributed by atoms with Gasteiger partial charge in [0.15, 0.2) is 0 Å². The highest BCUT2D eigenvalue weighted by atomic mass is 32.2. The van der Waals surface area contributed by atoms with Crippen LogP contribution in [0.3, 0.4) is 0 Å². The number of piperidine rings is 1. The molecule has 1 fully saturated rings. The minimum atomic E-state index is -4.43. The van der Waals surface area contributed by atoms with E-state index in [0.29, 0.717) is 19.0 Å². The Morgan fingerprint density at radius 3 is 2.45 bits per heavy atom. The third kappa shape index (κ3) is 3.17. The normalized spacial score (nSPS) is 21.6. The fourth-order valence-corrected chi connectivity index (χ4v) is 4.00. The molecule has 0 saturated carbocycles. The fraction of sp³-hybridized carbons (Fsp3) is 0.500. The number of hydrogen-bond acceptors (Lipinski definition) is 1. The Hall–Kier alpha value is -1.01. The monoisotopic (exact) mass is 305 g/mol. The molecule has 1 saturated heterocycles. The maximum atomic E-state index is 12.8. The summed E-state index contributed by atoms with van der Waals surface area (Å²) in [5.74, 6) is 4.26. The van der Waals surface area contributed by atoms with E-state index in [1.807, 2.05) is 0 Å². The zero-order valence-corrected chi connectivity index (χ0v) is 12.1. The van der Waals surface area contributed by atoms with Crippen LogP contribution in [-0.2, 0) is 15.9 Å². The summed E-state index contributed by atoms with van der Waals surface area (Å²) in [6.45, 7) is 3.34. The van der Waals surface area contributed by atoms with Gasteiger partial charge in [-0.3, -0.25) is 0 Å². The molecule has 1 heterocycles. The highest BCUT2D eigenvalue weighted by molar-refractivity contribution is 7.98. The van der Waals surface area contributed by atoms with Crippen LogP contribution in [-0.4, -0.2) is 27.5 Å². The van der Waals surface area contributed by atoms with Crippen LogP contribution >= 0.6 is 0 Å². The number of hydrogen-bond donors (Lipinski definition) is 0. The summed E-state index contributed by atoms with van der Waals surface area (Å²) in [4.78, 5) is 0.155. The van der Waals surface area contributed by atoms with Gasteiger partial charge in [-0.2, -0.15) is 13.2 Å². The van der Waals surface area contributed by atoms with Crippen LogP contribution in [0.15, 0.2) is 29.2 Å². The molecular formula is C14H18F3NOS. The van der Waals surface area contributed by atoms with E-state index >= 15 is 0 Å². The predicted octanol–water partition coefficient (Wildman–Crippen LogP) is 3.43. The molecule has 112 valence electrons. The Kier molecular flexibility index (Phi) is 4.16. The van der Waals surface area contributed by atoms with Gasteiger partial charge in [0.05, 0.1) is 15.3 Å². The largest absolute Gasteiger partial charge is 0.416 e. The maximum Gasteiger partial charge on any atom is 0.416 e. The zero-order chi connectivity index (χ0) is 15.0. The molecule has 6 heteroatoms. The van der Waals surface area contributed by atoms with Crippen molar-refractivity contribution < 1.29 is 17.4 Å². The summed E-state index contributed by atoms with van der Waals surface area (Å²) in [6.07, 6.45) is -2.64. The Balaban J connectivity index is 2.30. The summed E-state index contributed by atoms with van der Waals surface area (Å²) in [5.41, 5.74) is -0.781. The molecule has 1 atom stereocenters. The van der Waals surface area contributed by atoms with Crippen molar-refractivity contribution in [3.63, 3.8) is 0 Å². The summed E-state index contributed by atoms with van der Waals surface area (Å²) in [7, 11) is -2.83. The lowest BCUT2D eigenvalue weighted by molar-refractivity contribution is -0.137. The van der Waals surface area contributed by atoms with Crippen molar-refractivity contribution in [1.29, 1.82) is 0 Å². The van der Waals surface area contributed by atoms with Gasteiger partial charge in [0.1, 0.15) is 0 Å². The lowest BCUT2D eigenvalue weighted by Gasteiger charge is -2.32. The summed E-state index contributed by atoms with van der Waals surface area (Å²) in [6, 6.07) is 4.68. The molecule has 0 amide bonds. The molecule has 1 aromatic rings. The van der Waals surface area contributed by atoms with Gasteiger partial charge in [-0.15, -0.1) is 0 Å². The molecule has 2 rings (SSSR count). The van der Waals surface area contributed by atoms with E-state index < -0.39 is 21.4 Å².